The molecular formula is C18H19FN4O2S. The Bertz CT molecular complexity index is 866. The van der Waals surface area contributed by atoms with Crippen LogP contribution in [0.5, 0.6) is 0 Å². The summed E-state index contributed by atoms with van der Waals surface area (Å²) >= 11 is 1.58. The highest BCUT2D eigenvalue weighted by Gasteiger charge is 2.19. The van der Waals surface area contributed by atoms with Gasteiger partial charge in [-0.2, -0.15) is 0 Å². The molecule has 26 heavy (non-hydrogen) atoms. The number of thiophene rings is 1. The molecule has 2 aromatic heterocycles. The molecule has 0 aliphatic carbocycles. The minimum Gasteiger partial charge on any atom is -0.386 e. The van der Waals surface area contributed by atoms with Gasteiger partial charge in [0, 0.05) is 10.4 Å². The molecule has 2 atom stereocenters. The van der Waals surface area contributed by atoms with Crippen LogP contribution in [0.1, 0.15) is 46.4 Å². The van der Waals surface area contributed by atoms with Crippen molar-refractivity contribution < 1.29 is 14.3 Å². The van der Waals surface area contributed by atoms with Gasteiger partial charge in [-0.3, -0.25) is 4.79 Å². The number of aromatic nitrogens is 3. The minimum absolute atomic E-state index is 0.00332. The molecule has 1 amide bonds. The van der Waals surface area contributed by atoms with Gasteiger partial charge in [-0.05, 0) is 23.9 Å². The molecule has 0 saturated heterocycles. The van der Waals surface area contributed by atoms with Crippen LogP contribution in [-0.2, 0) is 6.54 Å². The number of carbonyl (C=O) groups excluding carboxylic acids is 1. The predicted molar refractivity (Wildman–Crippen MR) is 96.2 cm³/mol. The molecule has 0 aliphatic heterocycles. The molecule has 2 N–H and O–H groups in total. The van der Waals surface area contributed by atoms with Gasteiger partial charge in [0.15, 0.2) is 5.69 Å². The Morgan fingerprint density at radius 1 is 1.35 bits per heavy atom. The van der Waals surface area contributed by atoms with Gasteiger partial charge in [0.25, 0.3) is 5.91 Å². The number of nitrogens with one attached hydrogen (secondary N) is 1. The van der Waals surface area contributed by atoms with E-state index in [0.717, 1.165) is 11.3 Å². The zero-order valence-electron chi connectivity index (χ0n) is 14.2. The lowest BCUT2D eigenvalue weighted by atomic mass is 10.1. The third-order valence-corrected chi connectivity index (χ3v) is 4.98. The molecule has 0 bridgehead atoms. The molecule has 6 nitrogen and oxygen atoms in total. The second kappa shape index (κ2) is 8.20. The Balaban J connectivity index is 1.65. The van der Waals surface area contributed by atoms with E-state index in [2.05, 4.69) is 15.6 Å². The maximum absolute atomic E-state index is 13.7. The quantitative estimate of drug-likeness (QED) is 0.666. The second-order valence-electron chi connectivity index (χ2n) is 5.81. The Hall–Kier alpha value is -2.58. The molecule has 8 heteroatoms. The number of aliphatic hydroxyl groups excluding tert-OH is 1. The van der Waals surface area contributed by atoms with Crippen LogP contribution in [0, 0.1) is 5.82 Å². The summed E-state index contributed by atoms with van der Waals surface area (Å²) in [5, 5.41) is 22.8. The van der Waals surface area contributed by atoms with E-state index in [1.54, 1.807) is 23.5 Å². The summed E-state index contributed by atoms with van der Waals surface area (Å²) < 4.78 is 15.1. The summed E-state index contributed by atoms with van der Waals surface area (Å²) in [6.45, 7) is 2.00. The topological polar surface area (TPSA) is 80.0 Å². The molecule has 3 aromatic rings. The summed E-state index contributed by atoms with van der Waals surface area (Å²) in [5.74, 6) is -0.823. The third kappa shape index (κ3) is 4.14. The van der Waals surface area contributed by atoms with Crippen LogP contribution in [0.2, 0.25) is 0 Å². The predicted octanol–water partition coefficient (Wildman–Crippen LogP) is 3.09. The van der Waals surface area contributed by atoms with Gasteiger partial charge < -0.3 is 10.4 Å². The average Bonchev–Trinajstić information content (AvgIpc) is 3.31. The Kier molecular flexibility index (Phi) is 5.75. The molecule has 2 heterocycles. The second-order valence-corrected chi connectivity index (χ2v) is 6.79. The van der Waals surface area contributed by atoms with Crippen LogP contribution in [0.3, 0.4) is 0 Å². The van der Waals surface area contributed by atoms with Crippen LogP contribution < -0.4 is 5.32 Å². The van der Waals surface area contributed by atoms with Crippen molar-refractivity contribution in [1.82, 2.24) is 20.3 Å². The molecule has 1 aromatic carbocycles. The molecule has 0 unspecified atom stereocenters. The number of rotatable bonds is 7. The number of amides is 1. The van der Waals surface area contributed by atoms with Crippen molar-refractivity contribution in [2.75, 3.05) is 0 Å². The Labute approximate surface area is 154 Å². The molecule has 0 fully saturated rings. The van der Waals surface area contributed by atoms with Gasteiger partial charge in [-0.15, -0.1) is 16.4 Å². The number of nitrogens with zero attached hydrogens (tertiary/aromatic N) is 3. The van der Waals surface area contributed by atoms with E-state index in [4.69, 9.17) is 0 Å². The van der Waals surface area contributed by atoms with E-state index in [9.17, 15) is 14.3 Å². The van der Waals surface area contributed by atoms with Crippen molar-refractivity contribution >= 4 is 17.2 Å². The Morgan fingerprint density at radius 2 is 2.15 bits per heavy atom. The number of halogens is 1. The van der Waals surface area contributed by atoms with Crippen molar-refractivity contribution in [2.45, 2.75) is 32.0 Å². The number of hydrogen-bond donors (Lipinski definition) is 2. The van der Waals surface area contributed by atoms with Crippen LogP contribution in [0.15, 0.2) is 48.0 Å². The lowest BCUT2D eigenvalue weighted by Crippen LogP contribution is -2.27. The largest absolute Gasteiger partial charge is 0.386 e. The van der Waals surface area contributed by atoms with Gasteiger partial charge in [0.2, 0.25) is 0 Å². The lowest BCUT2D eigenvalue weighted by Gasteiger charge is -2.14. The molecule has 0 saturated carbocycles. The van der Waals surface area contributed by atoms with E-state index in [0.29, 0.717) is 0 Å². The van der Waals surface area contributed by atoms with Gasteiger partial charge in [0.05, 0.1) is 18.8 Å². The first-order valence-corrected chi connectivity index (χ1v) is 9.13. The normalized spacial score (nSPS) is 13.3. The highest BCUT2D eigenvalue weighted by molar-refractivity contribution is 7.10. The van der Waals surface area contributed by atoms with E-state index in [-0.39, 0.29) is 29.8 Å². The van der Waals surface area contributed by atoms with E-state index >= 15 is 0 Å². The van der Waals surface area contributed by atoms with E-state index < -0.39 is 11.9 Å². The van der Waals surface area contributed by atoms with Crippen LogP contribution in [0.4, 0.5) is 4.39 Å². The lowest BCUT2D eigenvalue weighted by molar-refractivity contribution is 0.0931. The number of benzene rings is 1. The Morgan fingerprint density at radius 3 is 2.85 bits per heavy atom. The highest BCUT2D eigenvalue weighted by Crippen LogP contribution is 2.22. The summed E-state index contributed by atoms with van der Waals surface area (Å²) in [6.07, 6.45) is 1.12. The fourth-order valence-corrected chi connectivity index (χ4v) is 3.47. The van der Waals surface area contributed by atoms with Crippen LogP contribution in [-0.4, -0.2) is 26.0 Å². The first-order valence-electron chi connectivity index (χ1n) is 8.25. The monoisotopic (exact) mass is 374 g/mol. The number of aliphatic hydroxyl groups is 1. The smallest absolute Gasteiger partial charge is 0.273 e. The minimum atomic E-state index is -1.08. The first-order chi connectivity index (χ1) is 12.6. The molecule has 0 aliphatic rings. The third-order valence-electron chi connectivity index (χ3n) is 4.00. The molecular weight excluding hydrogens is 355 g/mol. The van der Waals surface area contributed by atoms with E-state index in [1.165, 1.54) is 23.0 Å². The summed E-state index contributed by atoms with van der Waals surface area (Å²) in [5.41, 5.74) is 0.332. The standard InChI is InChI=1S/C18H19FN4O2S/c1-2-14(17-8-5-9-26-17)20-18(25)15-10-23(22-21-15)11-16(24)12-6-3-4-7-13(12)19/h3-10,14,16,24H,2,11H2,1H3,(H,20,25)/t14-,16-/m1/s1. The van der Waals surface area contributed by atoms with E-state index in [1.807, 2.05) is 24.4 Å². The first kappa shape index (κ1) is 18.2. The number of carbonyl (C=O) groups is 1. The van der Waals surface area contributed by atoms with Gasteiger partial charge in [-0.1, -0.05) is 36.4 Å². The maximum Gasteiger partial charge on any atom is 0.273 e. The van der Waals surface area contributed by atoms with Crippen LogP contribution >= 0.6 is 11.3 Å². The maximum atomic E-state index is 13.7. The molecule has 0 radical (unpaired) electrons. The zero-order chi connectivity index (χ0) is 18.5. The van der Waals surface area contributed by atoms with Crippen molar-refractivity contribution in [3.63, 3.8) is 0 Å². The highest BCUT2D eigenvalue weighted by atomic mass is 32.1. The average molecular weight is 374 g/mol. The van der Waals surface area contributed by atoms with Gasteiger partial charge >= 0.3 is 0 Å². The summed E-state index contributed by atoms with van der Waals surface area (Å²) in [7, 11) is 0. The van der Waals surface area contributed by atoms with Gasteiger partial charge in [-0.25, -0.2) is 9.07 Å². The van der Waals surface area contributed by atoms with Crippen molar-refractivity contribution in [2.24, 2.45) is 0 Å². The number of hydrogen-bond acceptors (Lipinski definition) is 5. The fraction of sp³-hybridized carbons (Fsp3) is 0.278. The fourth-order valence-electron chi connectivity index (χ4n) is 2.61. The van der Waals surface area contributed by atoms with Crippen molar-refractivity contribution in [3.8, 4) is 0 Å². The van der Waals surface area contributed by atoms with Crippen molar-refractivity contribution in [1.29, 1.82) is 0 Å². The van der Waals surface area contributed by atoms with Gasteiger partial charge in [0.1, 0.15) is 11.9 Å². The van der Waals surface area contributed by atoms with Crippen molar-refractivity contribution in [3.05, 3.63) is 69.9 Å². The summed E-state index contributed by atoms with van der Waals surface area (Å²) in [6, 6.07) is 9.83. The molecule has 136 valence electrons. The summed E-state index contributed by atoms with van der Waals surface area (Å²) in [4.78, 5) is 13.5. The zero-order valence-corrected chi connectivity index (χ0v) is 15.0. The molecule has 0 spiro atoms. The van der Waals surface area contributed by atoms with Crippen LogP contribution in [0.25, 0.3) is 0 Å². The SMILES string of the molecule is CC[C@@H](NC(=O)c1cn(C[C@@H](O)c2ccccc2F)nn1)c1cccs1. The molecule has 3 rings (SSSR count).